The Morgan fingerprint density at radius 3 is 2.54 bits per heavy atom. The monoisotopic (exact) mass is 570 g/mol. The van der Waals surface area contributed by atoms with Crippen LogP contribution < -0.4 is 10.6 Å². The van der Waals surface area contributed by atoms with Gasteiger partial charge in [0.2, 0.25) is 11.8 Å². The molecule has 0 unspecified atom stereocenters. The number of benzene rings is 1. The lowest BCUT2D eigenvalue weighted by molar-refractivity contribution is -0.145. The molecular formula is C32H50N4O5. The molecule has 4 atom stereocenters. The number of carbonyl (C=O) groups excluding carboxylic acids is 4. The zero-order valence-corrected chi connectivity index (χ0v) is 26.0. The van der Waals surface area contributed by atoms with Crippen LogP contribution >= 0.6 is 0 Å². The molecule has 1 saturated heterocycles. The third-order valence-corrected chi connectivity index (χ3v) is 8.24. The van der Waals surface area contributed by atoms with Gasteiger partial charge in [-0.15, -0.1) is 0 Å². The summed E-state index contributed by atoms with van der Waals surface area (Å²) in [6, 6.07) is 6.41. The summed E-state index contributed by atoms with van der Waals surface area (Å²) in [5.41, 5.74) is 2.16. The first-order chi connectivity index (χ1) is 19.3. The fraction of sp³-hybridized carbons (Fsp3) is 0.688. The standard InChI is InChI=1S/C32H50N4O5/c1-21(2)28(34-29(38)22(3)35(7)31(40)41-32(4,5)6)30(39)36-19-18-33-20-26(36)27(37)17-11-15-24-14-10-13-23-12-8-9-16-25(23)24/h8-9,12,16,21-22,24,26,28,33H,10-11,13-15,17-20H2,1-7H3,(H,34,38)/t22-,24-,26-,28-/m0/s1. The predicted molar refractivity (Wildman–Crippen MR) is 160 cm³/mol. The van der Waals surface area contributed by atoms with E-state index in [0.717, 1.165) is 25.7 Å². The van der Waals surface area contributed by atoms with Gasteiger partial charge in [-0.2, -0.15) is 0 Å². The van der Waals surface area contributed by atoms with Crippen LogP contribution in [0.3, 0.4) is 0 Å². The molecule has 2 N–H and O–H groups in total. The number of ether oxygens (including phenoxy) is 1. The third-order valence-electron chi connectivity index (χ3n) is 8.24. The van der Waals surface area contributed by atoms with Crippen LogP contribution in [0.1, 0.15) is 90.7 Å². The van der Waals surface area contributed by atoms with E-state index in [2.05, 4.69) is 34.9 Å². The van der Waals surface area contributed by atoms with Gasteiger partial charge in [-0.1, -0.05) is 38.1 Å². The van der Waals surface area contributed by atoms with Gasteiger partial charge < -0.3 is 20.3 Å². The van der Waals surface area contributed by atoms with E-state index >= 15 is 0 Å². The minimum atomic E-state index is -0.843. The van der Waals surface area contributed by atoms with Crippen LogP contribution in [0.5, 0.6) is 0 Å². The Hall–Kier alpha value is -2.94. The number of rotatable bonds is 10. The Morgan fingerprint density at radius 1 is 1.15 bits per heavy atom. The first-order valence-corrected chi connectivity index (χ1v) is 15.2. The van der Waals surface area contributed by atoms with E-state index in [0.29, 0.717) is 32.0 Å². The van der Waals surface area contributed by atoms with Crippen LogP contribution in [0, 0.1) is 5.92 Å². The van der Waals surface area contributed by atoms with Crippen molar-refractivity contribution in [2.45, 2.75) is 110 Å². The largest absolute Gasteiger partial charge is 0.444 e. The number of nitrogens with zero attached hydrogens (tertiary/aromatic N) is 2. The van der Waals surface area contributed by atoms with Crippen LogP contribution in [-0.4, -0.2) is 83.9 Å². The lowest BCUT2D eigenvalue weighted by Gasteiger charge is -2.39. The first kappa shape index (κ1) is 32.6. The molecule has 1 aromatic carbocycles. The normalized spacial score (nSPS) is 20.5. The summed E-state index contributed by atoms with van der Waals surface area (Å²) in [6.07, 6.45) is 5.01. The van der Waals surface area contributed by atoms with E-state index in [-0.39, 0.29) is 17.6 Å². The number of hydrogen-bond acceptors (Lipinski definition) is 6. The second-order valence-corrected chi connectivity index (χ2v) is 12.9. The molecule has 0 saturated carbocycles. The number of aryl methyl sites for hydroxylation is 1. The van der Waals surface area contributed by atoms with Crippen molar-refractivity contribution in [2.24, 2.45) is 5.92 Å². The van der Waals surface area contributed by atoms with Crippen molar-refractivity contribution in [3.63, 3.8) is 0 Å². The van der Waals surface area contributed by atoms with Crippen LogP contribution in [0.4, 0.5) is 4.79 Å². The number of hydrogen-bond donors (Lipinski definition) is 2. The number of Topliss-reactive ketones (excluding diaryl/α,β-unsaturated/α-hetero) is 1. The van der Waals surface area contributed by atoms with Gasteiger partial charge in [-0.05, 0) is 82.8 Å². The number of nitrogens with one attached hydrogen (secondary N) is 2. The third kappa shape index (κ3) is 8.77. The van der Waals surface area contributed by atoms with E-state index in [1.807, 2.05) is 13.8 Å². The molecule has 0 radical (unpaired) electrons. The average Bonchev–Trinajstić information content (AvgIpc) is 2.93. The number of fused-ring (bicyclic) bond motifs is 1. The summed E-state index contributed by atoms with van der Waals surface area (Å²) < 4.78 is 5.38. The number of carbonyl (C=O) groups is 4. The SMILES string of the molecule is CC(C)[C@H](NC(=O)[C@H](C)N(C)C(=O)OC(C)(C)C)C(=O)N1CCNC[C@H]1C(=O)CCC[C@@H]1CCCc2ccccc21. The Kier molecular flexibility index (Phi) is 11.4. The molecule has 0 aromatic heterocycles. The highest BCUT2D eigenvalue weighted by molar-refractivity contribution is 5.94. The fourth-order valence-corrected chi connectivity index (χ4v) is 5.73. The zero-order valence-electron chi connectivity index (χ0n) is 26.0. The van der Waals surface area contributed by atoms with Gasteiger partial charge in [0.1, 0.15) is 23.7 Å². The van der Waals surface area contributed by atoms with Crippen molar-refractivity contribution in [1.29, 1.82) is 0 Å². The minimum Gasteiger partial charge on any atom is -0.444 e. The topological polar surface area (TPSA) is 108 Å². The summed E-state index contributed by atoms with van der Waals surface area (Å²) in [4.78, 5) is 55.7. The van der Waals surface area contributed by atoms with Crippen molar-refractivity contribution in [2.75, 3.05) is 26.7 Å². The summed E-state index contributed by atoms with van der Waals surface area (Å²) >= 11 is 0. The molecule has 0 bridgehead atoms. The Morgan fingerprint density at radius 2 is 1.85 bits per heavy atom. The molecule has 0 spiro atoms. The maximum atomic E-state index is 13.8. The van der Waals surface area contributed by atoms with Gasteiger partial charge in [0, 0.05) is 33.1 Å². The maximum absolute atomic E-state index is 13.8. The molecule has 228 valence electrons. The first-order valence-electron chi connectivity index (χ1n) is 15.2. The molecule has 1 heterocycles. The highest BCUT2D eigenvalue weighted by atomic mass is 16.6. The van der Waals surface area contributed by atoms with E-state index in [1.54, 1.807) is 32.6 Å². The molecule has 1 aliphatic carbocycles. The number of likely N-dealkylation sites (N-methyl/N-ethyl adjacent to an activating group) is 1. The predicted octanol–water partition coefficient (Wildman–Crippen LogP) is 4.04. The average molecular weight is 571 g/mol. The molecule has 9 nitrogen and oxygen atoms in total. The molecule has 1 aliphatic heterocycles. The molecule has 2 aliphatic rings. The summed E-state index contributed by atoms with van der Waals surface area (Å²) in [6.45, 7) is 12.0. The molecule has 1 aromatic rings. The Balaban J connectivity index is 1.61. The van der Waals surface area contributed by atoms with E-state index < -0.39 is 35.7 Å². The van der Waals surface area contributed by atoms with Crippen molar-refractivity contribution >= 4 is 23.7 Å². The van der Waals surface area contributed by atoms with Gasteiger partial charge in [-0.3, -0.25) is 19.3 Å². The van der Waals surface area contributed by atoms with Crippen LogP contribution in [-0.2, 0) is 25.5 Å². The Labute approximate surface area is 245 Å². The molecule has 9 heteroatoms. The lowest BCUT2D eigenvalue weighted by Crippen LogP contribution is -2.63. The van der Waals surface area contributed by atoms with Gasteiger partial charge in [0.05, 0.1) is 0 Å². The number of piperazine rings is 1. The maximum Gasteiger partial charge on any atom is 0.410 e. The molecule has 3 amide bonds. The van der Waals surface area contributed by atoms with Gasteiger partial charge >= 0.3 is 6.09 Å². The van der Waals surface area contributed by atoms with Crippen LogP contribution in [0.2, 0.25) is 0 Å². The van der Waals surface area contributed by atoms with Gasteiger partial charge in [0.25, 0.3) is 0 Å². The zero-order chi connectivity index (χ0) is 30.3. The highest BCUT2D eigenvalue weighted by Gasteiger charge is 2.38. The quantitative estimate of drug-likeness (QED) is 0.440. The van der Waals surface area contributed by atoms with Crippen molar-refractivity contribution < 1.29 is 23.9 Å². The van der Waals surface area contributed by atoms with Crippen molar-refractivity contribution in [3.8, 4) is 0 Å². The molecular weight excluding hydrogens is 520 g/mol. The molecule has 41 heavy (non-hydrogen) atoms. The van der Waals surface area contributed by atoms with E-state index in [1.165, 1.54) is 29.5 Å². The Bertz CT molecular complexity index is 1080. The summed E-state index contributed by atoms with van der Waals surface area (Å²) in [7, 11) is 1.50. The van der Waals surface area contributed by atoms with Crippen molar-refractivity contribution in [1.82, 2.24) is 20.4 Å². The van der Waals surface area contributed by atoms with E-state index in [4.69, 9.17) is 4.74 Å². The molecule has 1 fully saturated rings. The number of ketones is 1. The van der Waals surface area contributed by atoms with E-state index in [9.17, 15) is 19.2 Å². The second-order valence-electron chi connectivity index (χ2n) is 12.9. The molecule has 3 rings (SSSR count). The number of amides is 3. The smallest absolute Gasteiger partial charge is 0.410 e. The second kappa shape index (κ2) is 14.3. The van der Waals surface area contributed by atoms with Gasteiger partial charge in [0.15, 0.2) is 5.78 Å². The van der Waals surface area contributed by atoms with Crippen LogP contribution in [0.25, 0.3) is 0 Å². The van der Waals surface area contributed by atoms with Crippen molar-refractivity contribution in [3.05, 3.63) is 35.4 Å². The van der Waals surface area contributed by atoms with Crippen LogP contribution in [0.15, 0.2) is 24.3 Å². The summed E-state index contributed by atoms with van der Waals surface area (Å²) in [5.74, 6) is -0.377. The fourth-order valence-electron chi connectivity index (χ4n) is 5.73. The van der Waals surface area contributed by atoms with Gasteiger partial charge in [-0.25, -0.2) is 4.79 Å². The minimum absolute atomic E-state index is 0.0569. The summed E-state index contributed by atoms with van der Waals surface area (Å²) in [5, 5.41) is 6.12. The highest BCUT2D eigenvalue weighted by Crippen LogP contribution is 2.35. The lowest BCUT2D eigenvalue weighted by atomic mass is 9.80.